The molecule has 176 valence electrons. The highest BCUT2D eigenvalue weighted by atomic mass is 19.1. The number of benzene rings is 1. The van der Waals surface area contributed by atoms with Crippen molar-refractivity contribution in [2.45, 2.75) is 37.8 Å². The van der Waals surface area contributed by atoms with Gasteiger partial charge in [-0.3, -0.25) is 4.90 Å². The van der Waals surface area contributed by atoms with Crippen molar-refractivity contribution >= 4 is 22.5 Å². The van der Waals surface area contributed by atoms with E-state index in [0.29, 0.717) is 28.5 Å². The highest BCUT2D eigenvalue weighted by Crippen LogP contribution is 2.39. The molecule has 1 aliphatic heterocycles. The summed E-state index contributed by atoms with van der Waals surface area (Å²) in [4.78, 5) is 13.6. The summed E-state index contributed by atoms with van der Waals surface area (Å²) >= 11 is 0. The first kappa shape index (κ1) is 21.8. The molecule has 0 radical (unpaired) electrons. The fourth-order valence-corrected chi connectivity index (χ4v) is 5.22. The van der Waals surface area contributed by atoms with Crippen LogP contribution < -0.4 is 16.2 Å². The van der Waals surface area contributed by atoms with Crippen molar-refractivity contribution in [2.75, 3.05) is 51.8 Å². The van der Waals surface area contributed by atoms with Crippen LogP contribution in [-0.2, 0) is 0 Å². The second-order valence-electron chi connectivity index (χ2n) is 9.13. The van der Waals surface area contributed by atoms with Gasteiger partial charge in [-0.25, -0.2) is 19.0 Å². The fraction of sp³-hybridized carbons (Fsp3) is 0.522. The van der Waals surface area contributed by atoms with Crippen LogP contribution in [0.15, 0.2) is 18.5 Å². The fourth-order valence-electron chi connectivity index (χ4n) is 5.22. The number of rotatable bonds is 4. The summed E-state index contributed by atoms with van der Waals surface area (Å²) in [6.45, 7) is 4.51. The van der Waals surface area contributed by atoms with Crippen LogP contribution in [0.1, 0.15) is 31.7 Å². The number of anilines is 2. The Balaban J connectivity index is 1.47. The van der Waals surface area contributed by atoms with Gasteiger partial charge in [-0.1, -0.05) is 0 Å². The standard InChI is InChI=1S/C23H31FN8O/c1-30-7-9-31(10-8-30)14-3-5-15(6-4-14)32-23-20(22(26)27-13-28-23)21(29-32)16-11-19(33-2)18(25)12-17(16)24/h11-15H,3-10,25H2,1-2H3,(H2,26,27,28). The molecule has 1 saturated carbocycles. The summed E-state index contributed by atoms with van der Waals surface area (Å²) in [7, 11) is 3.68. The van der Waals surface area contributed by atoms with Gasteiger partial charge in [0.15, 0.2) is 5.65 Å². The van der Waals surface area contributed by atoms with E-state index < -0.39 is 5.82 Å². The SMILES string of the molecule is COc1cc(-c2nn(C3CCC(N4CCN(C)CC4)CC3)c3ncnc(N)c23)c(F)cc1N. The molecule has 3 heterocycles. The number of aromatic nitrogens is 4. The predicted molar refractivity (Wildman–Crippen MR) is 126 cm³/mol. The Hall–Kier alpha value is -2.98. The highest BCUT2D eigenvalue weighted by molar-refractivity contribution is 5.98. The van der Waals surface area contributed by atoms with E-state index in [4.69, 9.17) is 21.3 Å². The number of piperazine rings is 1. The molecule has 1 aromatic carbocycles. The number of methoxy groups -OCH3 is 1. The van der Waals surface area contributed by atoms with Crippen molar-refractivity contribution in [3.8, 4) is 17.0 Å². The van der Waals surface area contributed by atoms with Crippen LogP contribution in [0.3, 0.4) is 0 Å². The monoisotopic (exact) mass is 454 g/mol. The van der Waals surface area contributed by atoms with E-state index in [1.165, 1.54) is 19.5 Å². The van der Waals surface area contributed by atoms with Gasteiger partial charge in [-0.05, 0) is 38.8 Å². The molecule has 1 aliphatic carbocycles. The first-order valence-corrected chi connectivity index (χ1v) is 11.5. The van der Waals surface area contributed by atoms with E-state index in [2.05, 4.69) is 26.8 Å². The molecule has 9 nitrogen and oxygen atoms in total. The maximum atomic E-state index is 15.0. The molecule has 2 aliphatic rings. The molecular weight excluding hydrogens is 423 g/mol. The number of nitrogen functional groups attached to an aromatic ring is 2. The topological polar surface area (TPSA) is 111 Å². The molecule has 10 heteroatoms. The van der Waals surface area contributed by atoms with Crippen LogP contribution in [0.2, 0.25) is 0 Å². The zero-order valence-corrected chi connectivity index (χ0v) is 19.2. The zero-order chi connectivity index (χ0) is 23.1. The Morgan fingerprint density at radius 1 is 1.00 bits per heavy atom. The molecule has 2 fully saturated rings. The molecule has 5 rings (SSSR count). The van der Waals surface area contributed by atoms with E-state index in [0.717, 1.165) is 51.9 Å². The number of nitrogens with zero attached hydrogens (tertiary/aromatic N) is 6. The van der Waals surface area contributed by atoms with E-state index in [1.54, 1.807) is 6.07 Å². The minimum absolute atomic E-state index is 0.179. The van der Waals surface area contributed by atoms with Gasteiger partial charge in [0.05, 0.1) is 24.2 Å². The maximum Gasteiger partial charge on any atom is 0.164 e. The molecule has 0 bridgehead atoms. The number of fused-ring (bicyclic) bond motifs is 1. The molecule has 3 aromatic rings. The van der Waals surface area contributed by atoms with Gasteiger partial charge in [0, 0.05) is 43.9 Å². The minimum Gasteiger partial charge on any atom is -0.495 e. The third-order valence-corrected chi connectivity index (χ3v) is 7.16. The average molecular weight is 455 g/mol. The summed E-state index contributed by atoms with van der Waals surface area (Å²) in [5.41, 5.74) is 13.7. The Bertz CT molecular complexity index is 1150. The summed E-state index contributed by atoms with van der Waals surface area (Å²) in [5.74, 6) is 0.182. The second-order valence-corrected chi connectivity index (χ2v) is 9.13. The van der Waals surface area contributed by atoms with E-state index in [1.807, 2.05) is 4.68 Å². The molecule has 2 aromatic heterocycles. The van der Waals surface area contributed by atoms with E-state index in [9.17, 15) is 4.39 Å². The molecule has 33 heavy (non-hydrogen) atoms. The quantitative estimate of drug-likeness (QED) is 0.579. The van der Waals surface area contributed by atoms with Crippen molar-refractivity contribution in [2.24, 2.45) is 0 Å². The third-order valence-electron chi connectivity index (χ3n) is 7.16. The van der Waals surface area contributed by atoms with Crippen molar-refractivity contribution in [3.05, 3.63) is 24.3 Å². The van der Waals surface area contributed by atoms with Gasteiger partial charge in [-0.2, -0.15) is 5.10 Å². The first-order chi connectivity index (χ1) is 16.0. The summed E-state index contributed by atoms with van der Waals surface area (Å²) in [6, 6.07) is 3.60. The normalized spacial score (nSPS) is 22.6. The van der Waals surface area contributed by atoms with Gasteiger partial charge in [0.2, 0.25) is 0 Å². The number of ether oxygens (including phenoxy) is 1. The Kier molecular flexibility index (Phi) is 5.79. The Morgan fingerprint density at radius 2 is 1.70 bits per heavy atom. The Labute approximate surface area is 192 Å². The van der Waals surface area contributed by atoms with Crippen LogP contribution in [-0.4, -0.2) is 75.9 Å². The molecule has 0 unspecified atom stereocenters. The van der Waals surface area contributed by atoms with Crippen LogP contribution in [0.25, 0.3) is 22.3 Å². The van der Waals surface area contributed by atoms with E-state index >= 15 is 0 Å². The second kappa shape index (κ2) is 8.75. The van der Waals surface area contributed by atoms with Crippen LogP contribution in [0.4, 0.5) is 15.9 Å². The lowest BCUT2D eigenvalue weighted by atomic mass is 9.90. The molecular formula is C23H31FN8O. The number of nitrogens with two attached hydrogens (primary N) is 2. The van der Waals surface area contributed by atoms with Gasteiger partial charge in [0.1, 0.15) is 29.4 Å². The lowest BCUT2D eigenvalue weighted by Crippen LogP contribution is -2.49. The summed E-state index contributed by atoms with van der Waals surface area (Å²) in [5, 5.41) is 5.39. The van der Waals surface area contributed by atoms with Crippen molar-refractivity contribution in [1.82, 2.24) is 29.5 Å². The molecule has 0 atom stereocenters. The number of likely N-dealkylation sites (N-methyl/N-ethyl adjacent to an activating group) is 1. The van der Waals surface area contributed by atoms with Gasteiger partial charge in [-0.15, -0.1) is 0 Å². The van der Waals surface area contributed by atoms with Crippen molar-refractivity contribution in [1.29, 1.82) is 0 Å². The lowest BCUT2D eigenvalue weighted by molar-refractivity contribution is 0.0815. The summed E-state index contributed by atoms with van der Waals surface area (Å²) in [6.07, 6.45) is 5.64. The average Bonchev–Trinajstić information content (AvgIpc) is 3.21. The van der Waals surface area contributed by atoms with Gasteiger partial charge < -0.3 is 21.1 Å². The molecule has 0 amide bonds. The summed E-state index contributed by atoms with van der Waals surface area (Å²) < 4.78 is 22.2. The number of hydrogen-bond acceptors (Lipinski definition) is 8. The molecule has 0 spiro atoms. The lowest BCUT2D eigenvalue weighted by Gasteiger charge is -2.41. The zero-order valence-electron chi connectivity index (χ0n) is 19.2. The largest absolute Gasteiger partial charge is 0.495 e. The third kappa shape index (κ3) is 3.97. The first-order valence-electron chi connectivity index (χ1n) is 11.5. The van der Waals surface area contributed by atoms with Crippen LogP contribution >= 0.6 is 0 Å². The van der Waals surface area contributed by atoms with Gasteiger partial charge in [0.25, 0.3) is 0 Å². The molecule has 1 saturated heterocycles. The van der Waals surface area contributed by atoms with Gasteiger partial charge >= 0.3 is 0 Å². The van der Waals surface area contributed by atoms with Crippen LogP contribution in [0.5, 0.6) is 5.75 Å². The Morgan fingerprint density at radius 3 is 2.39 bits per heavy atom. The smallest absolute Gasteiger partial charge is 0.164 e. The van der Waals surface area contributed by atoms with Crippen LogP contribution in [0, 0.1) is 5.82 Å². The number of halogens is 1. The predicted octanol–water partition coefficient (Wildman–Crippen LogP) is 2.54. The minimum atomic E-state index is -0.484. The maximum absolute atomic E-state index is 15.0. The van der Waals surface area contributed by atoms with Crippen molar-refractivity contribution < 1.29 is 9.13 Å². The highest BCUT2D eigenvalue weighted by Gasteiger charge is 2.31. The van der Waals surface area contributed by atoms with E-state index in [-0.39, 0.29) is 23.1 Å². The molecule has 4 N–H and O–H groups in total. The number of hydrogen-bond donors (Lipinski definition) is 2. The van der Waals surface area contributed by atoms with Crippen molar-refractivity contribution in [3.63, 3.8) is 0 Å².